The molecule has 0 aliphatic carbocycles. The number of fused-ring (bicyclic) bond motifs is 2. The number of aromatic nitrogens is 5. The minimum atomic E-state index is -0.393. The first kappa shape index (κ1) is 19.6. The van der Waals surface area contributed by atoms with Crippen molar-refractivity contribution in [2.45, 2.75) is 26.3 Å². The highest BCUT2D eigenvalue weighted by molar-refractivity contribution is 6.04. The number of pyridine rings is 1. The number of carbonyl (C=O) groups is 1. The molecule has 154 valence electrons. The molecule has 9 heteroatoms. The van der Waals surface area contributed by atoms with Crippen LogP contribution in [-0.2, 0) is 11.3 Å². The number of carbonyl (C=O) groups excluding carboxylic acids is 1. The molecule has 0 saturated heterocycles. The standard InChI is InChI=1S/C21H23N7O2/c1-3-4-9-24-19-18-16(26-21(22)27-19)11-25-28(18)12-13-6-5-7-14-15(20(29)30-2)8-10-23-17(13)14/h5-8,10-11H,3-4,9,12H2,1-2H3,(H3,22,24,26,27). The molecular weight excluding hydrogens is 382 g/mol. The number of esters is 1. The average molecular weight is 405 g/mol. The topological polar surface area (TPSA) is 121 Å². The smallest absolute Gasteiger partial charge is 0.338 e. The predicted octanol–water partition coefficient (Wildman–Crippen LogP) is 3.00. The largest absolute Gasteiger partial charge is 0.465 e. The van der Waals surface area contributed by atoms with Crippen molar-refractivity contribution in [1.29, 1.82) is 0 Å². The number of methoxy groups -OCH3 is 1. The maximum absolute atomic E-state index is 12.1. The number of anilines is 2. The Morgan fingerprint density at radius 3 is 2.93 bits per heavy atom. The fourth-order valence-corrected chi connectivity index (χ4v) is 3.46. The SMILES string of the molecule is CCCCNc1nc(N)nc2cnn(Cc3cccc4c(C(=O)OC)ccnc34)c12. The lowest BCUT2D eigenvalue weighted by Gasteiger charge is -2.12. The molecule has 4 rings (SSSR count). The van der Waals surface area contributed by atoms with Gasteiger partial charge in [-0.05, 0) is 18.1 Å². The number of unbranched alkanes of at least 4 members (excludes halogenated alkanes) is 1. The maximum Gasteiger partial charge on any atom is 0.338 e. The Morgan fingerprint density at radius 1 is 1.27 bits per heavy atom. The Hall–Kier alpha value is -3.75. The molecule has 30 heavy (non-hydrogen) atoms. The maximum atomic E-state index is 12.1. The van der Waals surface area contributed by atoms with Crippen LogP contribution in [0.2, 0.25) is 0 Å². The van der Waals surface area contributed by atoms with Gasteiger partial charge >= 0.3 is 5.97 Å². The van der Waals surface area contributed by atoms with E-state index in [4.69, 9.17) is 10.5 Å². The van der Waals surface area contributed by atoms with Crippen LogP contribution in [0.4, 0.5) is 11.8 Å². The van der Waals surface area contributed by atoms with Crippen molar-refractivity contribution in [3.8, 4) is 0 Å². The lowest BCUT2D eigenvalue weighted by atomic mass is 10.1. The van der Waals surface area contributed by atoms with Gasteiger partial charge in [0.15, 0.2) is 5.82 Å². The highest BCUT2D eigenvalue weighted by Gasteiger charge is 2.16. The van der Waals surface area contributed by atoms with Crippen LogP contribution < -0.4 is 11.1 Å². The van der Waals surface area contributed by atoms with E-state index in [1.165, 1.54) is 7.11 Å². The van der Waals surface area contributed by atoms with Gasteiger partial charge in [0.2, 0.25) is 5.95 Å². The number of hydrogen-bond donors (Lipinski definition) is 2. The van der Waals surface area contributed by atoms with Gasteiger partial charge in [0.05, 0.1) is 30.9 Å². The zero-order valence-electron chi connectivity index (χ0n) is 16.9. The highest BCUT2D eigenvalue weighted by atomic mass is 16.5. The van der Waals surface area contributed by atoms with E-state index in [1.54, 1.807) is 18.5 Å². The first-order valence-electron chi connectivity index (χ1n) is 9.80. The summed E-state index contributed by atoms with van der Waals surface area (Å²) < 4.78 is 6.72. The summed E-state index contributed by atoms with van der Waals surface area (Å²) in [6, 6.07) is 7.38. The summed E-state index contributed by atoms with van der Waals surface area (Å²) in [6.45, 7) is 3.35. The second-order valence-corrected chi connectivity index (χ2v) is 6.91. The van der Waals surface area contributed by atoms with Gasteiger partial charge in [0.25, 0.3) is 0 Å². The summed E-state index contributed by atoms with van der Waals surface area (Å²) in [6.07, 6.45) is 5.38. The number of nitrogen functional groups attached to an aromatic ring is 1. The number of nitrogens with one attached hydrogen (secondary N) is 1. The van der Waals surface area contributed by atoms with Crippen molar-refractivity contribution < 1.29 is 9.53 Å². The predicted molar refractivity (Wildman–Crippen MR) is 115 cm³/mol. The molecule has 0 aliphatic heterocycles. The van der Waals surface area contributed by atoms with Crippen LogP contribution >= 0.6 is 0 Å². The van der Waals surface area contributed by atoms with E-state index in [1.807, 2.05) is 22.9 Å². The molecule has 3 heterocycles. The Bertz CT molecular complexity index is 1220. The Kier molecular flexibility index (Phi) is 5.42. The van der Waals surface area contributed by atoms with Crippen molar-refractivity contribution in [3.05, 3.63) is 47.8 Å². The van der Waals surface area contributed by atoms with Crippen molar-refractivity contribution >= 4 is 39.7 Å². The van der Waals surface area contributed by atoms with Gasteiger partial charge in [-0.1, -0.05) is 31.5 Å². The minimum Gasteiger partial charge on any atom is -0.465 e. The zero-order valence-corrected chi connectivity index (χ0v) is 16.9. The molecule has 0 saturated carbocycles. The van der Waals surface area contributed by atoms with Gasteiger partial charge in [-0.2, -0.15) is 10.1 Å². The molecular formula is C21H23N7O2. The third kappa shape index (κ3) is 3.61. The number of para-hydroxylation sites is 1. The average Bonchev–Trinajstić information content (AvgIpc) is 3.15. The minimum absolute atomic E-state index is 0.204. The van der Waals surface area contributed by atoms with Crippen LogP contribution in [0.3, 0.4) is 0 Å². The first-order chi connectivity index (χ1) is 14.6. The molecule has 0 spiro atoms. The number of ether oxygens (including phenoxy) is 1. The van der Waals surface area contributed by atoms with Crippen LogP contribution in [-0.4, -0.2) is 44.4 Å². The summed E-state index contributed by atoms with van der Waals surface area (Å²) in [5.74, 6) is 0.470. The van der Waals surface area contributed by atoms with Crippen LogP contribution in [0.5, 0.6) is 0 Å². The van der Waals surface area contributed by atoms with E-state index in [9.17, 15) is 4.79 Å². The van der Waals surface area contributed by atoms with Crippen molar-refractivity contribution in [3.63, 3.8) is 0 Å². The van der Waals surface area contributed by atoms with Crippen molar-refractivity contribution in [2.75, 3.05) is 24.7 Å². The summed E-state index contributed by atoms with van der Waals surface area (Å²) >= 11 is 0. The fraction of sp³-hybridized carbons (Fsp3) is 0.286. The Labute approximate surface area is 173 Å². The van der Waals surface area contributed by atoms with Gasteiger partial charge in [0, 0.05) is 18.1 Å². The second-order valence-electron chi connectivity index (χ2n) is 6.91. The van der Waals surface area contributed by atoms with Gasteiger partial charge in [-0.15, -0.1) is 0 Å². The monoisotopic (exact) mass is 405 g/mol. The number of benzene rings is 1. The normalized spacial score (nSPS) is 11.1. The van der Waals surface area contributed by atoms with Crippen LogP contribution in [0.25, 0.3) is 21.9 Å². The lowest BCUT2D eigenvalue weighted by molar-refractivity contribution is 0.0603. The number of hydrogen-bond acceptors (Lipinski definition) is 8. The highest BCUT2D eigenvalue weighted by Crippen LogP contribution is 2.25. The first-order valence-corrected chi connectivity index (χ1v) is 9.80. The van der Waals surface area contributed by atoms with Gasteiger partial charge < -0.3 is 15.8 Å². The molecule has 0 atom stereocenters. The summed E-state index contributed by atoms with van der Waals surface area (Å²) in [7, 11) is 1.37. The fourth-order valence-electron chi connectivity index (χ4n) is 3.46. The molecule has 0 aliphatic rings. The van der Waals surface area contributed by atoms with Gasteiger partial charge in [0.1, 0.15) is 11.0 Å². The summed E-state index contributed by atoms with van der Waals surface area (Å²) in [4.78, 5) is 25.3. The number of rotatable bonds is 7. The molecule has 4 aromatic rings. The van der Waals surface area contributed by atoms with E-state index in [0.717, 1.165) is 41.4 Å². The Balaban J connectivity index is 1.78. The summed E-state index contributed by atoms with van der Waals surface area (Å²) in [5.41, 5.74) is 9.44. The summed E-state index contributed by atoms with van der Waals surface area (Å²) in [5, 5.41) is 8.58. The molecule has 0 fully saturated rings. The van der Waals surface area contributed by atoms with E-state index >= 15 is 0 Å². The molecule has 0 unspecified atom stereocenters. The molecule has 1 aromatic carbocycles. The molecule has 9 nitrogen and oxygen atoms in total. The van der Waals surface area contributed by atoms with Crippen LogP contribution in [0.15, 0.2) is 36.7 Å². The van der Waals surface area contributed by atoms with E-state index < -0.39 is 5.97 Å². The van der Waals surface area contributed by atoms with Crippen molar-refractivity contribution in [1.82, 2.24) is 24.7 Å². The number of nitrogens with zero attached hydrogens (tertiary/aromatic N) is 5. The molecule has 0 radical (unpaired) electrons. The van der Waals surface area contributed by atoms with Crippen LogP contribution in [0.1, 0.15) is 35.7 Å². The third-order valence-electron chi connectivity index (χ3n) is 4.91. The molecule has 0 bridgehead atoms. The molecule has 3 aromatic heterocycles. The van der Waals surface area contributed by atoms with Gasteiger partial charge in [-0.25, -0.2) is 9.78 Å². The van der Waals surface area contributed by atoms with Crippen molar-refractivity contribution in [2.24, 2.45) is 0 Å². The van der Waals surface area contributed by atoms with E-state index in [2.05, 4.69) is 32.3 Å². The third-order valence-corrected chi connectivity index (χ3v) is 4.91. The quantitative estimate of drug-likeness (QED) is 0.355. The van der Waals surface area contributed by atoms with Gasteiger partial charge in [-0.3, -0.25) is 9.67 Å². The molecule has 3 N–H and O–H groups in total. The number of nitrogens with two attached hydrogens (primary N) is 1. The molecule has 0 amide bonds. The zero-order chi connectivity index (χ0) is 21.1. The second kappa shape index (κ2) is 8.32. The van der Waals surface area contributed by atoms with E-state index in [0.29, 0.717) is 23.4 Å². The van der Waals surface area contributed by atoms with E-state index in [-0.39, 0.29) is 5.95 Å². The Morgan fingerprint density at radius 2 is 2.13 bits per heavy atom. The lowest BCUT2D eigenvalue weighted by Crippen LogP contribution is -2.10. The van der Waals surface area contributed by atoms with Crippen LogP contribution in [0, 0.1) is 0 Å².